The summed E-state index contributed by atoms with van der Waals surface area (Å²) in [7, 11) is 0. The maximum Gasteiger partial charge on any atom is 0.240 e. The lowest BCUT2D eigenvalue weighted by Gasteiger charge is -2.44. The quantitative estimate of drug-likeness (QED) is 0.193. The molecule has 244 valence electrons. The van der Waals surface area contributed by atoms with E-state index in [0.29, 0.717) is 25.0 Å². The lowest BCUT2D eigenvalue weighted by atomic mass is 9.85. The number of amides is 1. The number of aliphatic hydroxyl groups excluding tert-OH is 3. The number of nitrogens with zero attached hydrogens (tertiary/aromatic N) is 3. The second-order valence-electron chi connectivity index (χ2n) is 12.6. The highest BCUT2D eigenvalue weighted by Gasteiger charge is 2.50. The van der Waals surface area contributed by atoms with E-state index in [1.165, 1.54) is 34.9 Å². The number of ether oxygens (including phenoxy) is 2. The number of carbonyl (C=O) groups excluding carboxylic acids is 1. The second kappa shape index (κ2) is 15.2. The Morgan fingerprint density at radius 2 is 1.93 bits per heavy atom. The van der Waals surface area contributed by atoms with E-state index in [1.807, 2.05) is 6.92 Å². The first kappa shape index (κ1) is 33.6. The van der Waals surface area contributed by atoms with Crippen molar-refractivity contribution in [2.45, 2.75) is 97.7 Å². The summed E-state index contributed by atoms with van der Waals surface area (Å²) in [6, 6.07) is -1.23. The van der Waals surface area contributed by atoms with Crippen LogP contribution in [0.3, 0.4) is 0 Å². The van der Waals surface area contributed by atoms with Crippen molar-refractivity contribution in [3.63, 3.8) is 0 Å². The summed E-state index contributed by atoms with van der Waals surface area (Å²) in [4.78, 5) is 16.1. The van der Waals surface area contributed by atoms with E-state index in [2.05, 4.69) is 44.9 Å². The van der Waals surface area contributed by atoms with Crippen molar-refractivity contribution >= 4 is 45.9 Å². The van der Waals surface area contributed by atoms with E-state index >= 15 is 0 Å². The third kappa shape index (κ3) is 7.98. The number of aliphatic hydroxyl groups is 3. The molecule has 11 atom stereocenters. The van der Waals surface area contributed by atoms with E-state index in [1.54, 1.807) is 6.26 Å². The second-order valence-corrected chi connectivity index (χ2v) is 16.1. The average Bonchev–Trinajstić information content (AvgIpc) is 3.57. The van der Waals surface area contributed by atoms with Gasteiger partial charge in [-0.25, -0.2) is 0 Å². The molecule has 4 fully saturated rings. The number of fused-ring (bicyclic) bond motifs is 1. The van der Waals surface area contributed by atoms with Gasteiger partial charge in [-0.05, 0) is 43.3 Å². The van der Waals surface area contributed by atoms with Gasteiger partial charge in [-0.2, -0.15) is 0 Å². The zero-order chi connectivity index (χ0) is 30.7. The summed E-state index contributed by atoms with van der Waals surface area (Å²) in [5, 5.41) is 51.6. The Kier molecular flexibility index (Phi) is 11.9. The summed E-state index contributed by atoms with van der Waals surface area (Å²) in [5.74, 6) is 1.24. The Hall–Kier alpha value is -0.750. The summed E-state index contributed by atoms with van der Waals surface area (Å²) in [6.45, 7) is 11.3. The molecule has 4 aliphatic rings. The number of hydrogen-bond donors (Lipinski definition) is 6. The molecule has 3 unspecified atom stereocenters. The lowest BCUT2D eigenvalue weighted by molar-refractivity contribution is -0.205. The monoisotopic (exact) mass is 660 g/mol. The number of piperazine rings is 1. The largest absolute Gasteiger partial charge is 0.388 e. The van der Waals surface area contributed by atoms with Crippen LogP contribution < -0.4 is 20.9 Å². The van der Waals surface area contributed by atoms with Crippen LogP contribution in [0.5, 0.6) is 0 Å². The van der Waals surface area contributed by atoms with Crippen molar-refractivity contribution < 1.29 is 29.6 Å². The third-order valence-electron chi connectivity index (χ3n) is 9.03. The van der Waals surface area contributed by atoms with Crippen LogP contribution in [0.15, 0.2) is 4.34 Å². The number of rotatable bonds is 10. The van der Waals surface area contributed by atoms with Crippen LogP contribution in [0.2, 0.25) is 0 Å². The van der Waals surface area contributed by atoms with Gasteiger partial charge in [0.1, 0.15) is 35.9 Å². The van der Waals surface area contributed by atoms with Gasteiger partial charge in [-0.3, -0.25) is 4.79 Å². The highest BCUT2D eigenvalue weighted by atomic mass is 32.2. The van der Waals surface area contributed by atoms with Crippen LogP contribution in [-0.4, -0.2) is 130 Å². The maximum atomic E-state index is 13.9. The zero-order valence-electron chi connectivity index (χ0n) is 25.4. The Balaban J connectivity index is 1.32. The van der Waals surface area contributed by atoms with E-state index in [0.717, 1.165) is 54.9 Å². The molecule has 0 radical (unpaired) electrons. The fraction of sp³-hybridized carbons (Fsp3) is 0.893. The molecular weight excluding hydrogens is 613 g/mol. The zero-order valence-corrected chi connectivity index (χ0v) is 27.9. The Labute approximate surface area is 266 Å². The predicted octanol–water partition coefficient (Wildman–Crippen LogP) is 0.513. The van der Waals surface area contributed by atoms with Gasteiger partial charge in [0.05, 0.1) is 12.1 Å². The maximum absolute atomic E-state index is 13.9. The third-order valence-corrected chi connectivity index (χ3v) is 12.2. The van der Waals surface area contributed by atoms with Gasteiger partial charge in [0.25, 0.3) is 0 Å². The Morgan fingerprint density at radius 3 is 2.65 bits per heavy atom. The minimum atomic E-state index is -1.41. The van der Waals surface area contributed by atoms with Gasteiger partial charge in [0.2, 0.25) is 11.0 Å². The van der Waals surface area contributed by atoms with Crippen LogP contribution in [0.25, 0.3) is 0 Å². The molecule has 43 heavy (non-hydrogen) atoms. The minimum Gasteiger partial charge on any atom is -0.388 e. The van der Waals surface area contributed by atoms with Crippen LogP contribution in [-0.2, 0) is 14.3 Å². The summed E-state index contributed by atoms with van der Waals surface area (Å²) in [6.07, 6.45) is -0.265. The van der Waals surface area contributed by atoms with Crippen LogP contribution >= 0.6 is 34.9 Å². The molecule has 4 saturated heterocycles. The van der Waals surface area contributed by atoms with E-state index in [-0.39, 0.29) is 23.2 Å². The van der Waals surface area contributed by atoms with Crippen molar-refractivity contribution in [3.8, 4) is 0 Å². The van der Waals surface area contributed by atoms with Gasteiger partial charge in [-0.1, -0.05) is 43.9 Å². The molecule has 4 aliphatic heterocycles. The lowest BCUT2D eigenvalue weighted by Crippen LogP contribution is -2.65. The number of carbonyl (C=O) groups is 1. The number of nitrogens with one attached hydrogen (secondary N) is 3. The van der Waals surface area contributed by atoms with Gasteiger partial charge in [-0.15, -0.1) is 22.0 Å². The molecule has 0 bridgehead atoms. The highest BCUT2D eigenvalue weighted by molar-refractivity contribution is 8.01. The molecule has 5 heterocycles. The molecule has 1 aromatic heterocycles. The summed E-state index contributed by atoms with van der Waals surface area (Å²) in [5.41, 5.74) is -0.752. The van der Waals surface area contributed by atoms with Gasteiger partial charge in [0.15, 0.2) is 4.34 Å². The van der Waals surface area contributed by atoms with E-state index in [9.17, 15) is 20.1 Å². The molecule has 1 amide bonds. The normalized spacial score (nSPS) is 36.7. The van der Waals surface area contributed by atoms with E-state index < -0.39 is 41.9 Å². The molecule has 1 aromatic rings. The molecule has 12 nitrogen and oxygen atoms in total. The van der Waals surface area contributed by atoms with Crippen molar-refractivity contribution in [1.29, 1.82) is 0 Å². The first-order valence-corrected chi connectivity index (χ1v) is 18.5. The standard InChI is InChI=1S/C28H48N6O6S3/c1-14(2)11-16-5-10-39-23-17(12-16)13-30-19(23)25(38)31-18(24-21(36)20(35)22(37)26(40-24)41-4)15(3)42-28-33-32-27(43-28)34-8-6-29-7-9-34/h14-24,26,29-30,35-37H,5-13H2,1-4H3,(H,31,38)/t15-,16-,17-,18+,19-,20?,21?,22+,23+,24+,26?/m0/s1. The Bertz CT molecular complexity index is 1050. The summed E-state index contributed by atoms with van der Waals surface area (Å²) >= 11 is 4.21. The van der Waals surface area contributed by atoms with Gasteiger partial charge in [0, 0.05) is 44.6 Å². The molecule has 0 spiro atoms. The molecule has 15 heteroatoms. The number of hydrogen-bond acceptors (Lipinski definition) is 14. The number of thioether (sulfide) groups is 2. The van der Waals surface area contributed by atoms with Crippen LogP contribution in [0.4, 0.5) is 5.13 Å². The topological polar surface area (TPSA) is 161 Å². The Morgan fingerprint density at radius 1 is 1.16 bits per heavy atom. The molecule has 0 aliphatic carbocycles. The van der Waals surface area contributed by atoms with Crippen molar-refractivity contribution in [1.82, 2.24) is 26.1 Å². The molecule has 0 aromatic carbocycles. The van der Waals surface area contributed by atoms with Crippen LogP contribution in [0.1, 0.15) is 40.0 Å². The minimum absolute atomic E-state index is 0.219. The average molecular weight is 661 g/mol. The number of aromatic nitrogens is 2. The van der Waals surface area contributed by atoms with Crippen molar-refractivity contribution in [2.75, 3.05) is 50.5 Å². The first-order valence-electron chi connectivity index (χ1n) is 15.5. The van der Waals surface area contributed by atoms with Gasteiger partial charge >= 0.3 is 0 Å². The highest BCUT2D eigenvalue weighted by Crippen LogP contribution is 2.37. The van der Waals surface area contributed by atoms with E-state index in [4.69, 9.17) is 9.47 Å². The van der Waals surface area contributed by atoms with Crippen LogP contribution in [0, 0.1) is 17.8 Å². The molecule has 5 rings (SSSR count). The molecule has 6 N–H and O–H groups in total. The summed E-state index contributed by atoms with van der Waals surface area (Å²) < 4.78 is 13.2. The fourth-order valence-electron chi connectivity index (χ4n) is 6.82. The van der Waals surface area contributed by atoms with Crippen molar-refractivity contribution in [2.24, 2.45) is 17.8 Å². The smallest absolute Gasteiger partial charge is 0.240 e. The SMILES string of the molecule is CSC1O[C@H]([C@H](NC(=O)[C@H]2NC[C@@H]3C[C@H](CC(C)C)CCO[C@H]32)[C@H](C)Sc2nnc(N3CCNCC3)s2)C(O)C(O)[C@H]1O. The van der Waals surface area contributed by atoms with Crippen molar-refractivity contribution in [3.05, 3.63) is 0 Å². The molecular formula is C28H48N6O6S3. The fourth-order valence-corrected chi connectivity index (χ4v) is 9.78. The molecule has 0 saturated carbocycles. The first-order chi connectivity index (χ1) is 20.7. The van der Waals surface area contributed by atoms with Gasteiger partial charge < -0.3 is 45.6 Å². The predicted molar refractivity (Wildman–Crippen MR) is 170 cm³/mol. The number of anilines is 1.